The average molecular weight is 451 g/mol. The zero-order valence-corrected chi connectivity index (χ0v) is 18.8. The smallest absolute Gasteiger partial charge is 0.279 e. The minimum absolute atomic E-state index is 0.128. The van der Waals surface area contributed by atoms with Crippen molar-refractivity contribution in [3.05, 3.63) is 70.9 Å². The fraction of sp³-hybridized carbons (Fsp3) is 0.333. The molecule has 166 valence electrons. The van der Waals surface area contributed by atoms with Crippen LogP contribution in [0.5, 0.6) is 5.75 Å². The summed E-state index contributed by atoms with van der Waals surface area (Å²) in [6.07, 6.45) is 9.74. The van der Waals surface area contributed by atoms with Gasteiger partial charge in [-0.1, -0.05) is 25.3 Å². The van der Waals surface area contributed by atoms with Crippen LogP contribution in [0.4, 0.5) is 5.69 Å². The van der Waals surface area contributed by atoms with E-state index in [1.165, 1.54) is 41.2 Å². The highest BCUT2D eigenvalue weighted by molar-refractivity contribution is 7.10. The van der Waals surface area contributed by atoms with E-state index in [1.807, 2.05) is 17.5 Å². The van der Waals surface area contributed by atoms with Crippen molar-refractivity contribution in [2.75, 3.05) is 12.0 Å². The van der Waals surface area contributed by atoms with Gasteiger partial charge in [-0.05, 0) is 48.6 Å². The van der Waals surface area contributed by atoms with Crippen LogP contribution in [0.25, 0.3) is 0 Å². The van der Waals surface area contributed by atoms with Crippen LogP contribution < -0.4 is 15.0 Å². The van der Waals surface area contributed by atoms with E-state index >= 15 is 0 Å². The van der Waals surface area contributed by atoms with Crippen molar-refractivity contribution in [1.82, 2.24) is 15.3 Å². The van der Waals surface area contributed by atoms with E-state index in [-0.39, 0.29) is 23.6 Å². The Morgan fingerprint density at radius 3 is 2.53 bits per heavy atom. The molecule has 1 N–H and O–H groups in total. The summed E-state index contributed by atoms with van der Waals surface area (Å²) in [5.74, 6) is 0.0906. The van der Waals surface area contributed by atoms with Gasteiger partial charge in [0.25, 0.3) is 5.91 Å². The lowest BCUT2D eigenvalue weighted by atomic mass is 9.95. The quantitative estimate of drug-likeness (QED) is 0.577. The van der Waals surface area contributed by atoms with Gasteiger partial charge >= 0.3 is 0 Å². The zero-order chi connectivity index (χ0) is 22.3. The number of aromatic nitrogens is 2. The minimum atomic E-state index is -0.820. The Bertz CT molecular complexity index is 1020. The molecule has 2 amide bonds. The lowest BCUT2D eigenvalue weighted by Gasteiger charge is -2.32. The predicted molar refractivity (Wildman–Crippen MR) is 124 cm³/mol. The van der Waals surface area contributed by atoms with E-state index in [0.717, 1.165) is 30.6 Å². The maximum absolute atomic E-state index is 13.6. The van der Waals surface area contributed by atoms with E-state index in [0.29, 0.717) is 11.4 Å². The van der Waals surface area contributed by atoms with E-state index in [1.54, 1.807) is 31.4 Å². The number of hydrogen-bond donors (Lipinski definition) is 1. The van der Waals surface area contributed by atoms with Gasteiger partial charge in [-0.25, -0.2) is 4.98 Å². The lowest BCUT2D eigenvalue weighted by Crippen LogP contribution is -2.47. The molecular weight excluding hydrogens is 424 g/mol. The summed E-state index contributed by atoms with van der Waals surface area (Å²) >= 11 is 1.45. The molecule has 1 aliphatic rings. The Kier molecular flexibility index (Phi) is 7.11. The molecule has 1 fully saturated rings. The van der Waals surface area contributed by atoms with Crippen LogP contribution in [-0.4, -0.2) is 34.9 Å². The molecule has 0 aliphatic heterocycles. The van der Waals surface area contributed by atoms with Gasteiger partial charge in [0.15, 0.2) is 6.04 Å². The number of carbonyl (C=O) groups is 2. The Morgan fingerprint density at radius 1 is 1.12 bits per heavy atom. The second-order valence-electron chi connectivity index (χ2n) is 7.73. The monoisotopic (exact) mass is 450 g/mol. The maximum Gasteiger partial charge on any atom is 0.279 e. The maximum atomic E-state index is 13.6. The normalized spacial score (nSPS) is 15.0. The van der Waals surface area contributed by atoms with Gasteiger partial charge in [0.05, 0.1) is 13.3 Å². The summed E-state index contributed by atoms with van der Waals surface area (Å²) in [4.78, 5) is 37.8. The van der Waals surface area contributed by atoms with Crippen molar-refractivity contribution in [3.8, 4) is 5.75 Å². The fourth-order valence-corrected chi connectivity index (χ4v) is 4.82. The number of hydrogen-bond acceptors (Lipinski definition) is 6. The number of methoxy groups -OCH3 is 1. The molecule has 1 aromatic carbocycles. The number of nitrogens with zero attached hydrogens (tertiary/aromatic N) is 3. The van der Waals surface area contributed by atoms with E-state index in [9.17, 15) is 9.59 Å². The number of anilines is 1. The van der Waals surface area contributed by atoms with Gasteiger partial charge in [-0.2, -0.15) is 0 Å². The second kappa shape index (κ2) is 10.4. The topological polar surface area (TPSA) is 84.4 Å². The highest BCUT2D eigenvalue weighted by Gasteiger charge is 2.35. The molecule has 0 bridgehead atoms. The van der Waals surface area contributed by atoms with Gasteiger partial charge in [0.2, 0.25) is 5.91 Å². The molecule has 0 spiro atoms. The first-order valence-electron chi connectivity index (χ1n) is 10.7. The van der Waals surface area contributed by atoms with Crippen molar-refractivity contribution in [1.29, 1.82) is 0 Å². The molecule has 2 aromatic heterocycles. The summed E-state index contributed by atoms with van der Waals surface area (Å²) in [7, 11) is 1.59. The molecule has 0 radical (unpaired) electrons. The number of nitrogens with one attached hydrogen (secondary N) is 1. The molecular formula is C24H26N4O3S. The molecule has 4 rings (SSSR count). The highest BCUT2D eigenvalue weighted by Crippen LogP contribution is 2.33. The third-order valence-corrected chi connectivity index (χ3v) is 6.55. The largest absolute Gasteiger partial charge is 0.497 e. The first-order chi connectivity index (χ1) is 15.7. The number of benzene rings is 1. The van der Waals surface area contributed by atoms with E-state index < -0.39 is 6.04 Å². The minimum Gasteiger partial charge on any atom is -0.497 e. The summed E-state index contributed by atoms with van der Waals surface area (Å²) < 4.78 is 5.27. The Hall–Kier alpha value is -3.26. The van der Waals surface area contributed by atoms with Gasteiger partial charge < -0.3 is 10.1 Å². The number of ether oxygens (including phenoxy) is 1. The first-order valence-corrected chi connectivity index (χ1v) is 11.6. The van der Waals surface area contributed by atoms with Gasteiger partial charge in [-0.3, -0.25) is 19.5 Å². The molecule has 1 saturated carbocycles. The summed E-state index contributed by atoms with van der Waals surface area (Å²) in [5.41, 5.74) is 0.758. The number of carbonyl (C=O) groups excluding carboxylic acids is 2. The van der Waals surface area contributed by atoms with Crippen molar-refractivity contribution in [3.63, 3.8) is 0 Å². The van der Waals surface area contributed by atoms with Crippen LogP contribution in [0, 0.1) is 0 Å². The number of thiophene rings is 1. The SMILES string of the molecule is COc1ccc(N(C(=O)c2cnccn2)C(C(=O)NC2CCCCC2)c2cccs2)cc1. The van der Waals surface area contributed by atoms with Crippen LogP contribution in [0.2, 0.25) is 0 Å². The Morgan fingerprint density at radius 2 is 1.91 bits per heavy atom. The molecule has 1 unspecified atom stereocenters. The van der Waals surface area contributed by atoms with Crippen LogP contribution in [0.3, 0.4) is 0 Å². The molecule has 8 heteroatoms. The van der Waals surface area contributed by atoms with Crippen LogP contribution in [0.1, 0.15) is 53.5 Å². The standard InChI is InChI=1S/C24H26N4O3S/c1-31-19-11-9-18(10-12-19)28(24(30)20-16-25-13-14-26-20)22(21-8-5-15-32-21)23(29)27-17-6-3-2-4-7-17/h5,8-17,22H,2-4,6-7H2,1H3,(H,27,29). The van der Waals surface area contributed by atoms with Crippen LogP contribution in [-0.2, 0) is 4.79 Å². The van der Waals surface area contributed by atoms with Crippen molar-refractivity contribution >= 4 is 28.8 Å². The van der Waals surface area contributed by atoms with Crippen LogP contribution >= 0.6 is 11.3 Å². The molecule has 0 saturated heterocycles. The van der Waals surface area contributed by atoms with Gasteiger partial charge in [0.1, 0.15) is 11.4 Å². The zero-order valence-electron chi connectivity index (χ0n) is 17.9. The second-order valence-corrected chi connectivity index (χ2v) is 8.70. The van der Waals surface area contributed by atoms with Gasteiger partial charge in [-0.15, -0.1) is 11.3 Å². The molecule has 1 aliphatic carbocycles. The summed E-state index contributed by atoms with van der Waals surface area (Å²) in [6, 6.07) is 10.2. The average Bonchev–Trinajstić information content (AvgIpc) is 3.37. The van der Waals surface area contributed by atoms with Crippen LogP contribution in [0.15, 0.2) is 60.4 Å². The van der Waals surface area contributed by atoms with Crippen molar-refractivity contribution in [2.24, 2.45) is 0 Å². The Labute approximate surface area is 191 Å². The predicted octanol–water partition coefficient (Wildman–Crippen LogP) is 4.38. The third kappa shape index (κ3) is 4.96. The molecule has 32 heavy (non-hydrogen) atoms. The number of rotatable bonds is 7. The first kappa shape index (κ1) is 22.0. The molecule has 1 atom stereocenters. The lowest BCUT2D eigenvalue weighted by molar-refractivity contribution is -0.123. The molecule has 7 nitrogen and oxygen atoms in total. The Balaban J connectivity index is 1.74. The molecule has 2 heterocycles. The van der Waals surface area contributed by atoms with E-state index in [2.05, 4.69) is 15.3 Å². The third-order valence-electron chi connectivity index (χ3n) is 5.62. The summed E-state index contributed by atoms with van der Waals surface area (Å²) in [6.45, 7) is 0. The van der Waals surface area contributed by atoms with Crippen molar-refractivity contribution in [2.45, 2.75) is 44.2 Å². The highest BCUT2D eigenvalue weighted by atomic mass is 32.1. The summed E-state index contributed by atoms with van der Waals surface area (Å²) in [5, 5.41) is 5.11. The fourth-order valence-electron chi connectivity index (χ4n) is 4.01. The van der Waals surface area contributed by atoms with Gasteiger partial charge in [0, 0.05) is 29.0 Å². The number of amides is 2. The van der Waals surface area contributed by atoms with E-state index in [4.69, 9.17) is 4.74 Å². The van der Waals surface area contributed by atoms with Crippen molar-refractivity contribution < 1.29 is 14.3 Å². The molecule has 3 aromatic rings.